The molecular weight excluding hydrogens is 345 g/mol. The van der Waals surface area contributed by atoms with Crippen molar-refractivity contribution in [3.05, 3.63) is 64.9 Å². The second-order valence-corrected chi connectivity index (χ2v) is 6.10. The fourth-order valence-electron chi connectivity index (χ4n) is 2.56. The van der Waals surface area contributed by atoms with E-state index in [0.717, 1.165) is 5.56 Å². The van der Waals surface area contributed by atoms with Crippen LogP contribution in [0.1, 0.15) is 12.0 Å². The molecule has 1 aliphatic rings. The zero-order chi connectivity index (χ0) is 17.8. The maximum absolute atomic E-state index is 13.0. The van der Waals surface area contributed by atoms with Gasteiger partial charge in [-0.05, 0) is 42.0 Å². The van der Waals surface area contributed by atoms with E-state index in [1.165, 1.54) is 35.4 Å². The van der Waals surface area contributed by atoms with E-state index in [1.807, 2.05) is 0 Å². The van der Waals surface area contributed by atoms with Crippen molar-refractivity contribution in [2.45, 2.75) is 6.42 Å². The molecule has 1 heterocycles. The third kappa shape index (κ3) is 4.22. The number of halogens is 2. The van der Waals surface area contributed by atoms with Crippen molar-refractivity contribution in [1.29, 1.82) is 0 Å². The van der Waals surface area contributed by atoms with Gasteiger partial charge in [0, 0.05) is 23.7 Å². The number of amides is 2. The zero-order valence-corrected chi connectivity index (χ0v) is 13.9. The van der Waals surface area contributed by atoms with Gasteiger partial charge in [-0.15, -0.1) is 0 Å². The fourth-order valence-corrected chi connectivity index (χ4v) is 2.69. The molecule has 2 amide bonds. The minimum absolute atomic E-state index is 0.0969. The lowest BCUT2D eigenvalue weighted by atomic mass is 10.1. The zero-order valence-electron chi connectivity index (χ0n) is 13.2. The first-order valence-corrected chi connectivity index (χ1v) is 8.05. The van der Waals surface area contributed by atoms with Gasteiger partial charge in [0.05, 0.1) is 12.1 Å². The van der Waals surface area contributed by atoms with Crippen LogP contribution in [-0.4, -0.2) is 24.6 Å². The van der Waals surface area contributed by atoms with Gasteiger partial charge in [-0.2, -0.15) is 5.10 Å². The van der Waals surface area contributed by atoms with E-state index in [2.05, 4.69) is 10.5 Å². The van der Waals surface area contributed by atoms with Gasteiger partial charge in [0.25, 0.3) is 0 Å². The summed E-state index contributed by atoms with van der Waals surface area (Å²) in [6.07, 6.45) is 1.60. The molecule has 1 N–H and O–H groups in total. The Hall–Kier alpha value is -2.73. The third-order valence-electron chi connectivity index (χ3n) is 3.89. The number of nitrogens with zero attached hydrogens (tertiary/aromatic N) is 2. The van der Waals surface area contributed by atoms with Crippen LogP contribution in [0.4, 0.5) is 10.1 Å². The highest BCUT2D eigenvalue weighted by atomic mass is 35.5. The van der Waals surface area contributed by atoms with Gasteiger partial charge in [-0.1, -0.05) is 23.7 Å². The van der Waals surface area contributed by atoms with Crippen LogP contribution in [0.25, 0.3) is 0 Å². The van der Waals surface area contributed by atoms with Gasteiger partial charge in [-0.25, -0.2) is 9.82 Å². The average molecular weight is 360 g/mol. The largest absolute Gasteiger partial charge is 0.312 e. The lowest BCUT2D eigenvalue weighted by Crippen LogP contribution is -2.30. The van der Waals surface area contributed by atoms with Crippen molar-refractivity contribution < 1.29 is 14.0 Å². The van der Waals surface area contributed by atoms with Gasteiger partial charge in [0.1, 0.15) is 5.82 Å². The minimum Gasteiger partial charge on any atom is -0.312 e. The van der Waals surface area contributed by atoms with Crippen molar-refractivity contribution in [2.75, 3.05) is 11.4 Å². The van der Waals surface area contributed by atoms with E-state index < -0.39 is 5.92 Å². The first-order valence-electron chi connectivity index (χ1n) is 7.67. The van der Waals surface area contributed by atoms with Crippen LogP contribution in [0.3, 0.4) is 0 Å². The van der Waals surface area contributed by atoms with Crippen LogP contribution in [0.15, 0.2) is 53.6 Å². The smallest absolute Gasteiger partial charge is 0.245 e. The normalized spacial score (nSPS) is 17.3. The Morgan fingerprint density at radius 2 is 1.88 bits per heavy atom. The van der Waals surface area contributed by atoms with Crippen molar-refractivity contribution >= 4 is 35.3 Å². The Labute approximate surface area is 149 Å². The molecule has 128 valence electrons. The number of rotatable bonds is 4. The molecule has 0 radical (unpaired) electrons. The summed E-state index contributed by atoms with van der Waals surface area (Å²) in [6, 6.07) is 12.6. The number of anilines is 1. The van der Waals surface area contributed by atoms with Gasteiger partial charge in [0.2, 0.25) is 11.8 Å². The van der Waals surface area contributed by atoms with Crippen molar-refractivity contribution in [3.8, 4) is 0 Å². The summed E-state index contributed by atoms with van der Waals surface area (Å²) in [6.45, 7) is 0.243. The summed E-state index contributed by atoms with van der Waals surface area (Å²) < 4.78 is 13.0. The SMILES string of the molecule is O=C(N/N=C\c1ccc(Cl)cc1)[C@H]1CC(=O)N(c2ccc(F)cc2)C1. The molecule has 0 spiro atoms. The third-order valence-corrected chi connectivity index (χ3v) is 4.14. The quantitative estimate of drug-likeness (QED) is 0.674. The minimum atomic E-state index is -0.500. The van der Waals surface area contributed by atoms with Crippen LogP contribution < -0.4 is 10.3 Å². The van der Waals surface area contributed by atoms with E-state index in [9.17, 15) is 14.0 Å². The van der Waals surface area contributed by atoms with Gasteiger partial charge in [-0.3, -0.25) is 9.59 Å². The van der Waals surface area contributed by atoms with E-state index >= 15 is 0 Å². The molecule has 7 heteroatoms. The van der Waals surface area contributed by atoms with Gasteiger partial charge >= 0.3 is 0 Å². The Kier molecular flexibility index (Phi) is 5.09. The number of nitrogens with one attached hydrogen (secondary N) is 1. The van der Waals surface area contributed by atoms with Crippen molar-refractivity contribution in [1.82, 2.24) is 5.43 Å². The highest BCUT2D eigenvalue weighted by Crippen LogP contribution is 2.25. The van der Waals surface area contributed by atoms with E-state index in [1.54, 1.807) is 24.3 Å². The molecule has 1 fully saturated rings. The van der Waals surface area contributed by atoms with Crippen LogP contribution in [0, 0.1) is 11.7 Å². The van der Waals surface area contributed by atoms with Crippen molar-refractivity contribution in [2.24, 2.45) is 11.0 Å². The molecule has 1 aliphatic heterocycles. The second kappa shape index (κ2) is 7.44. The topological polar surface area (TPSA) is 61.8 Å². The summed E-state index contributed by atoms with van der Waals surface area (Å²) >= 11 is 5.80. The molecule has 2 aromatic rings. The second-order valence-electron chi connectivity index (χ2n) is 5.67. The van der Waals surface area contributed by atoms with Crippen LogP contribution in [-0.2, 0) is 9.59 Å². The van der Waals surface area contributed by atoms with Crippen LogP contribution in [0.2, 0.25) is 5.02 Å². The summed E-state index contributed by atoms with van der Waals surface area (Å²) in [4.78, 5) is 25.8. The summed E-state index contributed by atoms with van der Waals surface area (Å²) in [5.41, 5.74) is 3.82. The molecule has 0 saturated carbocycles. The van der Waals surface area contributed by atoms with E-state index in [0.29, 0.717) is 10.7 Å². The fraction of sp³-hybridized carbons (Fsp3) is 0.167. The Balaban J connectivity index is 1.59. The molecule has 0 unspecified atom stereocenters. The first kappa shape index (κ1) is 17.1. The summed E-state index contributed by atoms with van der Waals surface area (Å²) in [7, 11) is 0. The number of benzene rings is 2. The molecule has 1 saturated heterocycles. The molecule has 25 heavy (non-hydrogen) atoms. The first-order chi connectivity index (χ1) is 12.0. The van der Waals surface area contributed by atoms with Crippen LogP contribution >= 0.6 is 11.6 Å². The standard InChI is InChI=1S/C18H15ClFN3O2/c19-14-3-1-12(2-4-14)10-21-22-18(25)13-9-17(24)23(11-13)16-7-5-15(20)6-8-16/h1-8,10,13H,9,11H2,(H,22,25)/b21-10-/t13-/m0/s1. The Bertz CT molecular complexity index is 806. The maximum Gasteiger partial charge on any atom is 0.245 e. The number of carbonyl (C=O) groups is 2. The lowest BCUT2D eigenvalue weighted by molar-refractivity contribution is -0.126. The maximum atomic E-state index is 13.0. The lowest BCUT2D eigenvalue weighted by Gasteiger charge is -2.16. The monoisotopic (exact) mass is 359 g/mol. The molecule has 3 rings (SSSR count). The molecule has 1 atom stereocenters. The molecule has 0 bridgehead atoms. The number of carbonyl (C=O) groups excluding carboxylic acids is 2. The highest BCUT2D eigenvalue weighted by Gasteiger charge is 2.35. The number of hydrogen-bond donors (Lipinski definition) is 1. The number of hydrogen-bond acceptors (Lipinski definition) is 3. The number of hydrazone groups is 1. The highest BCUT2D eigenvalue weighted by molar-refractivity contribution is 6.30. The predicted molar refractivity (Wildman–Crippen MR) is 94.0 cm³/mol. The Morgan fingerprint density at radius 1 is 1.20 bits per heavy atom. The molecule has 5 nitrogen and oxygen atoms in total. The molecule has 0 aromatic heterocycles. The molecule has 0 aliphatic carbocycles. The van der Waals surface area contributed by atoms with E-state index in [4.69, 9.17) is 11.6 Å². The van der Waals surface area contributed by atoms with Gasteiger partial charge < -0.3 is 4.90 Å². The average Bonchev–Trinajstić information content (AvgIpc) is 2.99. The van der Waals surface area contributed by atoms with E-state index in [-0.39, 0.29) is 30.6 Å². The molecular formula is C18H15ClFN3O2. The molecule has 2 aromatic carbocycles. The van der Waals surface area contributed by atoms with Crippen LogP contribution in [0.5, 0.6) is 0 Å². The van der Waals surface area contributed by atoms with Crippen molar-refractivity contribution in [3.63, 3.8) is 0 Å². The summed E-state index contributed by atoms with van der Waals surface area (Å²) in [5.74, 6) is -1.38. The Morgan fingerprint density at radius 3 is 2.56 bits per heavy atom. The van der Waals surface area contributed by atoms with Gasteiger partial charge in [0.15, 0.2) is 0 Å². The predicted octanol–water partition coefficient (Wildman–Crippen LogP) is 2.98. The summed E-state index contributed by atoms with van der Waals surface area (Å²) in [5, 5.41) is 4.52.